The van der Waals surface area contributed by atoms with Crippen LogP contribution < -0.4 is 0 Å². The van der Waals surface area contributed by atoms with Gasteiger partial charge in [-0.1, -0.05) is 30.3 Å². The standard InChI is InChI=1S/C14H12N2O2/c17-14(18)11-8-10(11)13-15-7-6-12(16-13)9-4-2-1-3-5-9/h1-7,10-11H,8H2,(H,17,18). The molecule has 0 saturated heterocycles. The predicted molar refractivity (Wildman–Crippen MR) is 66.0 cm³/mol. The van der Waals surface area contributed by atoms with E-state index in [-0.39, 0.29) is 11.8 Å². The molecule has 1 heterocycles. The molecule has 0 amide bonds. The Balaban J connectivity index is 1.89. The zero-order chi connectivity index (χ0) is 12.5. The van der Waals surface area contributed by atoms with E-state index in [0.717, 1.165) is 11.3 Å². The average molecular weight is 240 g/mol. The highest BCUT2D eigenvalue weighted by Gasteiger charge is 2.46. The van der Waals surface area contributed by atoms with Crippen molar-refractivity contribution in [2.45, 2.75) is 12.3 Å². The molecule has 1 saturated carbocycles. The first-order valence-electron chi connectivity index (χ1n) is 5.87. The Labute approximate surface area is 104 Å². The van der Waals surface area contributed by atoms with Crippen LogP contribution in [0.5, 0.6) is 0 Å². The molecule has 4 nitrogen and oxygen atoms in total. The van der Waals surface area contributed by atoms with Crippen molar-refractivity contribution in [3.63, 3.8) is 0 Å². The first-order valence-corrected chi connectivity index (χ1v) is 5.87. The zero-order valence-electron chi connectivity index (χ0n) is 9.65. The van der Waals surface area contributed by atoms with Gasteiger partial charge in [0.1, 0.15) is 5.82 Å². The molecule has 1 aromatic carbocycles. The van der Waals surface area contributed by atoms with Crippen molar-refractivity contribution in [1.82, 2.24) is 9.97 Å². The first-order chi connectivity index (χ1) is 8.75. The molecule has 2 unspecified atom stereocenters. The average Bonchev–Trinajstić information content (AvgIpc) is 3.20. The minimum atomic E-state index is -0.756. The maximum atomic E-state index is 10.8. The molecule has 0 spiro atoms. The molecule has 3 rings (SSSR count). The third kappa shape index (κ3) is 1.97. The van der Waals surface area contributed by atoms with Gasteiger partial charge >= 0.3 is 5.97 Å². The van der Waals surface area contributed by atoms with Crippen LogP contribution >= 0.6 is 0 Å². The van der Waals surface area contributed by atoms with E-state index in [4.69, 9.17) is 5.11 Å². The number of carboxylic acid groups (broad SMARTS) is 1. The third-order valence-electron chi connectivity index (χ3n) is 3.18. The van der Waals surface area contributed by atoms with Gasteiger partial charge in [0.2, 0.25) is 0 Å². The number of rotatable bonds is 3. The van der Waals surface area contributed by atoms with Gasteiger partial charge in [0, 0.05) is 17.7 Å². The summed E-state index contributed by atoms with van der Waals surface area (Å²) in [5, 5.41) is 8.92. The highest BCUT2D eigenvalue weighted by atomic mass is 16.4. The lowest BCUT2D eigenvalue weighted by Crippen LogP contribution is -2.02. The number of carboxylic acids is 1. The van der Waals surface area contributed by atoms with Crippen molar-refractivity contribution in [2.24, 2.45) is 5.92 Å². The summed E-state index contributed by atoms with van der Waals surface area (Å²) < 4.78 is 0. The Kier molecular flexibility index (Phi) is 2.55. The molecular weight excluding hydrogens is 228 g/mol. The zero-order valence-corrected chi connectivity index (χ0v) is 9.65. The lowest BCUT2D eigenvalue weighted by molar-refractivity contribution is -0.138. The quantitative estimate of drug-likeness (QED) is 0.894. The maximum Gasteiger partial charge on any atom is 0.307 e. The Bertz CT molecular complexity index is 583. The number of hydrogen-bond acceptors (Lipinski definition) is 3. The second-order valence-corrected chi connectivity index (χ2v) is 4.45. The second-order valence-electron chi connectivity index (χ2n) is 4.45. The van der Waals surface area contributed by atoms with Gasteiger partial charge in [-0.3, -0.25) is 4.79 Å². The van der Waals surface area contributed by atoms with E-state index < -0.39 is 5.97 Å². The molecule has 1 fully saturated rings. The molecule has 18 heavy (non-hydrogen) atoms. The van der Waals surface area contributed by atoms with Crippen LogP contribution in [0, 0.1) is 5.92 Å². The van der Waals surface area contributed by atoms with E-state index in [9.17, 15) is 4.79 Å². The van der Waals surface area contributed by atoms with Crippen molar-refractivity contribution >= 4 is 5.97 Å². The smallest absolute Gasteiger partial charge is 0.307 e. The van der Waals surface area contributed by atoms with E-state index in [0.29, 0.717) is 12.2 Å². The minimum absolute atomic E-state index is 0.0221. The topological polar surface area (TPSA) is 63.1 Å². The largest absolute Gasteiger partial charge is 0.481 e. The summed E-state index contributed by atoms with van der Waals surface area (Å²) in [6.07, 6.45) is 2.34. The SMILES string of the molecule is O=C(O)C1CC1c1nccc(-c2ccccc2)n1. The predicted octanol–water partition coefficient (Wildman–Crippen LogP) is 2.33. The summed E-state index contributed by atoms with van der Waals surface area (Å²) in [5.41, 5.74) is 1.87. The molecule has 1 aliphatic rings. The number of benzene rings is 1. The molecule has 2 aromatic rings. The van der Waals surface area contributed by atoms with Gasteiger partial charge in [-0.25, -0.2) is 9.97 Å². The van der Waals surface area contributed by atoms with Gasteiger partial charge in [-0.05, 0) is 12.5 Å². The van der Waals surface area contributed by atoms with E-state index in [2.05, 4.69) is 9.97 Å². The van der Waals surface area contributed by atoms with Crippen LogP contribution in [-0.4, -0.2) is 21.0 Å². The highest BCUT2D eigenvalue weighted by Crippen LogP contribution is 2.46. The molecule has 1 N–H and O–H groups in total. The summed E-state index contributed by atoms with van der Waals surface area (Å²) in [7, 11) is 0. The molecule has 4 heteroatoms. The Morgan fingerprint density at radius 2 is 2.00 bits per heavy atom. The van der Waals surface area contributed by atoms with Gasteiger partial charge in [-0.2, -0.15) is 0 Å². The van der Waals surface area contributed by atoms with Crippen molar-refractivity contribution in [3.05, 3.63) is 48.4 Å². The summed E-state index contributed by atoms with van der Waals surface area (Å²) >= 11 is 0. The minimum Gasteiger partial charge on any atom is -0.481 e. The number of carbonyl (C=O) groups is 1. The Hall–Kier alpha value is -2.23. The third-order valence-corrected chi connectivity index (χ3v) is 3.18. The van der Waals surface area contributed by atoms with Crippen LogP contribution in [0.1, 0.15) is 18.2 Å². The normalized spacial score (nSPS) is 21.6. The Morgan fingerprint density at radius 3 is 2.67 bits per heavy atom. The first kappa shape index (κ1) is 10.9. The van der Waals surface area contributed by atoms with Crippen LogP contribution in [0.3, 0.4) is 0 Å². The summed E-state index contributed by atoms with van der Waals surface area (Å²) in [6.45, 7) is 0. The van der Waals surface area contributed by atoms with Crippen LogP contribution in [0.4, 0.5) is 0 Å². The van der Waals surface area contributed by atoms with Crippen molar-refractivity contribution in [3.8, 4) is 11.3 Å². The number of aliphatic carboxylic acids is 1. The number of nitrogens with zero attached hydrogens (tertiary/aromatic N) is 2. The highest BCUT2D eigenvalue weighted by molar-refractivity contribution is 5.75. The summed E-state index contributed by atoms with van der Waals surface area (Å²) in [5.74, 6) is -0.445. The maximum absolute atomic E-state index is 10.8. The van der Waals surface area contributed by atoms with E-state index in [1.165, 1.54) is 0 Å². The van der Waals surface area contributed by atoms with Crippen LogP contribution in [-0.2, 0) is 4.79 Å². The van der Waals surface area contributed by atoms with Gasteiger partial charge in [0.25, 0.3) is 0 Å². The number of hydrogen-bond donors (Lipinski definition) is 1. The molecule has 90 valence electrons. The monoisotopic (exact) mass is 240 g/mol. The fourth-order valence-corrected chi connectivity index (χ4v) is 2.08. The summed E-state index contributed by atoms with van der Waals surface area (Å²) in [6, 6.07) is 11.7. The second kappa shape index (κ2) is 4.22. The van der Waals surface area contributed by atoms with E-state index in [1.54, 1.807) is 6.20 Å². The van der Waals surface area contributed by atoms with Gasteiger partial charge in [-0.15, -0.1) is 0 Å². The van der Waals surface area contributed by atoms with E-state index >= 15 is 0 Å². The molecule has 0 aliphatic heterocycles. The Morgan fingerprint density at radius 1 is 1.22 bits per heavy atom. The van der Waals surface area contributed by atoms with Crippen LogP contribution in [0.25, 0.3) is 11.3 Å². The molecule has 2 atom stereocenters. The van der Waals surface area contributed by atoms with Gasteiger partial charge in [0.05, 0.1) is 11.6 Å². The fourth-order valence-electron chi connectivity index (χ4n) is 2.08. The molecule has 1 aliphatic carbocycles. The van der Waals surface area contributed by atoms with Gasteiger partial charge in [0.15, 0.2) is 0 Å². The lowest BCUT2D eigenvalue weighted by Gasteiger charge is -2.02. The van der Waals surface area contributed by atoms with Crippen molar-refractivity contribution in [1.29, 1.82) is 0 Å². The number of aromatic nitrogens is 2. The summed E-state index contributed by atoms with van der Waals surface area (Å²) in [4.78, 5) is 19.5. The van der Waals surface area contributed by atoms with Crippen molar-refractivity contribution < 1.29 is 9.90 Å². The van der Waals surface area contributed by atoms with Crippen LogP contribution in [0.2, 0.25) is 0 Å². The van der Waals surface area contributed by atoms with Gasteiger partial charge < -0.3 is 5.11 Å². The molecular formula is C14H12N2O2. The van der Waals surface area contributed by atoms with Crippen LogP contribution in [0.15, 0.2) is 42.6 Å². The molecule has 1 aromatic heterocycles. The molecule has 0 bridgehead atoms. The molecule has 0 radical (unpaired) electrons. The fraction of sp³-hybridized carbons (Fsp3) is 0.214. The lowest BCUT2D eigenvalue weighted by atomic mass is 10.1. The van der Waals surface area contributed by atoms with Crippen molar-refractivity contribution in [2.75, 3.05) is 0 Å². The van der Waals surface area contributed by atoms with E-state index in [1.807, 2.05) is 36.4 Å².